The highest BCUT2D eigenvalue weighted by Gasteiger charge is 2.29. The highest BCUT2D eigenvalue weighted by Crippen LogP contribution is 2.51. The molecule has 0 radical (unpaired) electrons. The highest BCUT2D eigenvalue weighted by molar-refractivity contribution is 7.59. The third-order valence-corrected chi connectivity index (χ3v) is 3.07. The van der Waals surface area contributed by atoms with Crippen molar-refractivity contribution in [2.45, 2.75) is 0 Å². The van der Waals surface area contributed by atoms with Crippen molar-refractivity contribution in [2.75, 3.05) is 6.16 Å². The first kappa shape index (κ1) is 13.5. The van der Waals surface area contributed by atoms with Gasteiger partial charge in [0.2, 0.25) is 0 Å². The molecular formula is C4H8O8P2. The topological polar surface area (TPSA) is 152 Å². The molecule has 5 N–H and O–H groups in total. The third kappa shape index (κ3) is 6.04. The molecule has 0 heterocycles. The molecule has 0 spiro atoms. The second-order valence-corrected chi connectivity index (χ2v) is 5.65. The molecule has 0 rings (SSSR count). The SMILES string of the molecule is O=C(O)C=C(CP(=O)(O)O)P(=O)(O)O. The van der Waals surface area contributed by atoms with Gasteiger partial charge >= 0.3 is 21.2 Å². The monoisotopic (exact) mass is 246 g/mol. The fourth-order valence-electron chi connectivity index (χ4n) is 0.575. The zero-order chi connectivity index (χ0) is 11.6. The van der Waals surface area contributed by atoms with Gasteiger partial charge in [0.1, 0.15) is 0 Å². The number of carbonyl (C=O) groups is 1. The summed E-state index contributed by atoms with van der Waals surface area (Å²) in [6.45, 7) is 0. The summed E-state index contributed by atoms with van der Waals surface area (Å²) in [7, 11) is -9.64. The van der Waals surface area contributed by atoms with Gasteiger partial charge in [-0.2, -0.15) is 0 Å². The van der Waals surface area contributed by atoms with Crippen LogP contribution in [-0.2, 0) is 13.9 Å². The van der Waals surface area contributed by atoms with Gasteiger partial charge < -0.3 is 24.7 Å². The lowest BCUT2D eigenvalue weighted by Gasteiger charge is -2.09. The maximum Gasteiger partial charge on any atom is 0.353 e. The van der Waals surface area contributed by atoms with E-state index in [1.165, 1.54) is 0 Å². The van der Waals surface area contributed by atoms with Crippen LogP contribution in [0.2, 0.25) is 0 Å². The Kier molecular flexibility index (Phi) is 4.20. The first-order chi connectivity index (χ1) is 6.02. The molecule has 0 aromatic rings. The zero-order valence-corrected chi connectivity index (χ0v) is 8.43. The summed E-state index contributed by atoms with van der Waals surface area (Å²) < 4.78 is 21.0. The highest BCUT2D eigenvalue weighted by atomic mass is 31.2. The Hall–Kier alpha value is -0.490. The molecule has 0 aliphatic heterocycles. The van der Waals surface area contributed by atoms with Crippen molar-refractivity contribution in [1.29, 1.82) is 0 Å². The number of carboxylic acid groups (broad SMARTS) is 1. The third-order valence-electron chi connectivity index (χ3n) is 1.03. The first-order valence-corrected chi connectivity index (χ1v) is 6.47. The van der Waals surface area contributed by atoms with Crippen molar-refractivity contribution < 1.29 is 38.6 Å². The summed E-state index contributed by atoms with van der Waals surface area (Å²) in [6, 6.07) is 0. The van der Waals surface area contributed by atoms with E-state index in [9.17, 15) is 13.9 Å². The molecule has 0 unspecified atom stereocenters. The first-order valence-electron chi connectivity index (χ1n) is 3.06. The van der Waals surface area contributed by atoms with E-state index in [2.05, 4.69) is 0 Å². The molecule has 0 saturated heterocycles. The Labute approximate surface area is 78.2 Å². The van der Waals surface area contributed by atoms with Crippen molar-refractivity contribution >= 4 is 21.2 Å². The number of allylic oxidation sites excluding steroid dienone is 1. The maximum atomic E-state index is 10.6. The van der Waals surface area contributed by atoms with Crippen LogP contribution >= 0.6 is 15.2 Å². The Balaban J connectivity index is 5.06. The molecule has 10 heteroatoms. The Morgan fingerprint density at radius 2 is 1.57 bits per heavy atom. The lowest BCUT2D eigenvalue weighted by atomic mass is 10.5. The van der Waals surface area contributed by atoms with Gasteiger partial charge in [-0.05, 0) is 0 Å². The number of rotatable bonds is 4. The van der Waals surface area contributed by atoms with Crippen molar-refractivity contribution in [3.8, 4) is 0 Å². The minimum Gasteiger partial charge on any atom is -0.478 e. The average Bonchev–Trinajstić information content (AvgIpc) is 1.78. The molecule has 82 valence electrons. The quantitative estimate of drug-likeness (QED) is 0.322. The van der Waals surface area contributed by atoms with Crippen LogP contribution in [0.4, 0.5) is 0 Å². The van der Waals surface area contributed by atoms with Crippen LogP contribution in [0.5, 0.6) is 0 Å². The summed E-state index contributed by atoms with van der Waals surface area (Å²) in [6.07, 6.45) is -1.18. The fraction of sp³-hybridized carbons (Fsp3) is 0.250. The smallest absolute Gasteiger partial charge is 0.353 e. The molecule has 0 aromatic carbocycles. The van der Waals surface area contributed by atoms with E-state index in [1.54, 1.807) is 0 Å². The molecular weight excluding hydrogens is 238 g/mol. The summed E-state index contributed by atoms with van der Waals surface area (Å²) in [5.41, 5.74) is 0. The summed E-state index contributed by atoms with van der Waals surface area (Å²) in [5.74, 6) is -1.68. The van der Waals surface area contributed by atoms with E-state index in [0.717, 1.165) is 0 Å². The molecule has 0 atom stereocenters. The Bertz CT molecular complexity index is 344. The van der Waals surface area contributed by atoms with Crippen LogP contribution in [0.25, 0.3) is 0 Å². The van der Waals surface area contributed by atoms with E-state index in [-0.39, 0.29) is 6.08 Å². The van der Waals surface area contributed by atoms with Gasteiger partial charge in [-0.1, -0.05) is 0 Å². The molecule has 0 aliphatic rings. The predicted octanol–water partition coefficient (Wildman–Crippen LogP) is -0.690. The average molecular weight is 246 g/mol. The summed E-state index contributed by atoms with van der Waals surface area (Å²) in [4.78, 5) is 43.9. The van der Waals surface area contributed by atoms with E-state index < -0.39 is 32.6 Å². The molecule has 0 amide bonds. The summed E-state index contributed by atoms with van der Waals surface area (Å²) in [5, 5.41) is 7.07. The molecule has 0 bridgehead atoms. The van der Waals surface area contributed by atoms with Gasteiger partial charge in [0, 0.05) is 6.08 Å². The van der Waals surface area contributed by atoms with E-state index in [4.69, 9.17) is 24.7 Å². The van der Waals surface area contributed by atoms with Crippen LogP contribution in [0.3, 0.4) is 0 Å². The van der Waals surface area contributed by atoms with E-state index in [0.29, 0.717) is 0 Å². The minimum absolute atomic E-state index is 0.0971. The van der Waals surface area contributed by atoms with E-state index >= 15 is 0 Å². The molecule has 0 aliphatic carbocycles. The second-order valence-electron chi connectivity index (χ2n) is 2.34. The molecule has 0 saturated carbocycles. The second kappa shape index (κ2) is 4.35. The van der Waals surface area contributed by atoms with Gasteiger partial charge in [-0.3, -0.25) is 9.13 Å². The number of hydrogen-bond donors (Lipinski definition) is 5. The maximum absolute atomic E-state index is 10.6. The summed E-state index contributed by atoms with van der Waals surface area (Å²) >= 11 is 0. The van der Waals surface area contributed by atoms with Crippen molar-refractivity contribution in [3.05, 3.63) is 11.4 Å². The normalized spacial score (nSPS) is 14.1. The van der Waals surface area contributed by atoms with Gasteiger partial charge in [-0.25, -0.2) is 4.79 Å². The zero-order valence-electron chi connectivity index (χ0n) is 6.64. The molecule has 0 aromatic heterocycles. The molecule has 14 heavy (non-hydrogen) atoms. The van der Waals surface area contributed by atoms with Gasteiger partial charge in [0.25, 0.3) is 0 Å². The van der Waals surface area contributed by atoms with Crippen LogP contribution in [-0.4, -0.2) is 36.8 Å². The van der Waals surface area contributed by atoms with Crippen molar-refractivity contribution in [1.82, 2.24) is 0 Å². The van der Waals surface area contributed by atoms with Crippen LogP contribution in [0.15, 0.2) is 11.4 Å². The van der Waals surface area contributed by atoms with Crippen LogP contribution in [0, 0.1) is 0 Å². The van der Waals surface area contributed by atoms with E-state index in [1.807, 2.05) is 0 Å². The lowest BCUT2D eigenvalue weighted by Crippen LogP contribution is -1.99. The number of carboxylic acids is 1. The van der Waals surface area contributed by atoms with Crippen molar-refractivity contribution in [2.24, 2.45) is 0 Å². The van der Waals surface area contributed by atoms with Gasteiger partial charge in [0.05, 0.1) is 11.5 Å². The van der Waals surface area contributed by atoms with Crippen LogP contribution < -0.4 is 0 Å². The van der Waals surface area contributed by atoms with Gasteiger partial charge in [0.15, 0.2) is 0 Å². The molecule has 0 fully saturated rings. The minimum atomic E-state index is -4.94. The predicted molar refractivity (Wildman–Crippen MR) is 44.7 cm³/mol. The standard InChI is InChI=1S/C4H8O8P2/c5-4(6)1-3(14(10,11)12)2-13(7,8)9/h1H,2H2,(H,5,6)(H2,7,8,9)(H2,10,11,12). The largest absolute Gasteiger partial charge is 0.478 e. The van der Waals surface area contributed by atoms with Gasteiger partial charge in [-0.15, -0.1) is 0 Å². The number of hydrogen-bond acceptors (Lipinski definition) is 3. The Morgan fingerprint density at radius 3 is 1.79 bits per heavy atom. The fourth-order valence-corrected chi connectivity index (χ4v) is 2.66. The lowest BCUT2D eigenvalue weighted by molar-refractivity contribution is -0.131. The van der Waals surface area contributed by atoms with Crippen LogP contribution in [0.1, 0.15) is 0 Å². The van der Waals surface area contributed by atoms with Crippen molar-refractivity contribution in [3.63, 3.8) is 0 Å². The number of aliphatic carboxylic acids is 1. The molecule has 8 nitrogen and oxygen atoms in total. The Morgan fingerprint density at radius 1 is 1.14 bits per heavy atom.